The number of aromatic nitrogens is 3. The molecule has 0 aliphatic heterocycles. The maximum Gasteiger partial charge on any atom is 0.137 e. The van der Waals surface area contributed by atoms with E-state index in [0.29, 0.717) is 19.4 Å². The Morgan fingerprint density at radius 1 is 1.22 bits per heavy atom. The van der Waals surface area contributed by atoms with Gasteiger partial charge in [-0.2, -0.15) is 5.10 Å². The number of hydrogen-bond donors (Lipinski definition) is 1. The van der Waals surface area contributed by atoms with E-state index < -0.39 is 5.60 Å². The lowest BCUT2D eigenvalue weighted by molar-refractivity contribution is 0.0238. The van der Waals surface area contributed by atoms with Crippen LogP contribution in [0.3, 0.4) is 0 Å². The van der Waals surface area contributed by atoms with Crippen molar-refractivity contribution < 1.29 is 5.11 Å². The van der Waals surface area contributed by atoms with E-state index in [4.69, 9.17) is 0 Å². The van der Waals surface area contributed by atoms with Crippen molar-refractivity contribution in [2.24, 2.45) is 0 Å². The standard InChI is InChI=1S/C10H11Br4N3O/c11-3-8(13)1-10(18,2-9(14)4-12)5-17-7-15-6-16-17/h3-4,6-7,18H,1-2,5H2. The largest absolute Gasteiger partial charge is 0.387 e. The first-order valence-corrected chi connectivity index (χ1v) is 8.35. The summed E-state index contributed by atoms with van der Waals surface area (Å²) in [6.45, 7) is 0.360. The van der Waals surface area contributed by atoms with E-state index in [1.807, 2.05) is 0 Å². The highest BCUT2D eigenvalue weighted by Crippen LogP contribution is 2.31. The van der Waals surface area contributed by atoms with E-state index in [9.17, 15) is 5.11 Å². The highest BCUT2D eigenvalue weighted by Gasteiger charge is 2.29. The van der Waals surface area contributed by atoms with E-state index in [0.717, 1.165) is 8.96 Å². The lowest BCUT2D eigenvalue weighted by atomic mass is 9.95. The first-order chi connectivity index (χ1) is 8.49. The SMILES string of the molecule is OC(CC(Br)=CBr)(CC(Br)=CBr)Cn1cncn1. The molecule has 0 aliphatic carbocycles. The first kappa shape index (κ1) is 16.6. The molecule has 0 spiro atoms. The quantitative estimate of drug-likeness (QED) is 0.631. The fraction of sp³-hybridized carbons (Fsp3) is 0.400. The molecule has 0 aromatic carbocycles. The van der Waals surface area contributed by atoms with Crippen LogP contribution in [0.15, 0.2) is 31.6 Å². The van der Waals surface area contributed by atoms with Crippen LogP contribution >= 0.6 is 63.7 Å². The number of rotatable bonds is 6. The van der Waals surface area contributed by atoms with Crippen LogP contribution in [0.25, 0.3) is 0 Å². The van der Waals surface area contributed by atoms with Gasteiger partial charge in [0.05, 0.1) is 12.1 Å². The molecule has 1 heterocycles. The van der Waals surface area contributed by atoms with Gasteiger partial charge in [0.1, 0.15) is 12.7 Å². The van der Waals surface area contributed by atoms with Gasteiger partial charge in [-0.3, -0.25) is 4.68 Å². The van der Waals surface area contributed by atoms with Crippen LogP contribution in [0.5, 0.6) is 0 Å². The Morgan fingerprint density at radius 3 is 2.17 bits per heavy atom. The Hall–Kier alpha value is 0.500. The van der Waals surface area contributed by atoms with Gasteiger partial charge in [-0.05, 0) is 9.97 Å². The molecule has 0 amide bonds. The molecule has 1 aromatic rings. The number of halogens is 4. The Labute approximate surface area is 139 Å². The average Bonchev–Trinajstić information content (AvgIpc) is 2.80. The first-order valence-electron chi connectivity index (χ1n) is 4.93. The molecule has 0 radical (unpaired) electrons. The zero-order chi connectivity index (χ0) is 13.6. The minimum atomic E-state index is -0.958. The number of aliphatic hydroxyl groups is 1. The zero-order valence-electron chi connectivity index (χ0n) is 9.23. The van der Waals surface area contributed by atoms with Gasteiger partial charge in [-0.15, -0.1) is 0 Å². The summed E-state index contributed by atoms with van der Waals surface area (Å²) in [5.74, 6) is 0. The summed E-state index contributed by atoms with van der Waals surface area (Å²) < 4.78 is 3.36. The monoisotopic (exact) mass is 505 g/mol. The van der Waals surface area contributed by atoms with Gasteiger partial charge in [-0.25, -0.2) is 4.98 Å². The molecule has 0 fully saturated rings. The van der Waals surface area contributed by atoms with E-state index in [2.05, 4.69) is 73.8 Å². The van der Waals surface area contributed by atoms with Gasteiger partial charge in [0.2, 0.25) is 0 Å². The van der Waals surface area contributed by atoms with Crippen LogP contribution in [-0.4, -0.2) is 25.5 Å². The van der Waals surface area contributed by atoms with Crippen molar-refractivity contribution in [3.05, 3.63) is 31.6 Å². The normalized spacial score (nSPS) is 16.7. The summed E-state index contributed by atoms with van der Waals surface area (Å²) in [7, 11) is 0. The topological polar surface area (TPSA) is 50.9 Å². The molecule has 0 unspecified atom stereocenters. The van der Waals surface area contributed by atoms with Gasteiger partial charge >= 0.3 is 0 Å². The maximum atomic E-state index is 10.7. The van der Waals surface area contributed by atoms with Crippen LogP contribution in [0.2, 0.25) is 0 Å². The molecular weight excluding hydrogens is 498 g/mol. The third-order valence-corrected chi connectivity index (χ3v) is 5.51. The second-order valence-corrected chi connectivity index (χ2v) is 6.74. The van der Waals surface area contributed by atoms with E-state index >= 15 is 0 Å². The maximum absolute atomic E-state index is 10.7. The van der Waals surface area contributed by atoms with Crippen LogP contribution < -0.4 is 0 Å². The van der Waals surface area contributed by atoms with Gasteiger partial charge in [0.25, 0.3) is 0 Å². The molecule has 1 N–H and O–H groups in total. The predicted molar refractivity (Wildman–Crippen MR) is 86.1 cm³/mol. The fourth-order valence-electron chi connectivity index (χ4n) is 1.50. The van der Waals surface area contributed by atoms with Crippen LogP contribution in [0, 0.1) is 0 Å². The van der Waals surface area contributed by atoms with Crippen molar-refractivity contribution in [3.63, 3.8) is 0 Å². The van der Waals surface area contributed by atoms with Crippen molar-refractivity contribution in [2.45, 2.75) is 25.0 Å². The average molecular weight is 509 g/mol. The summed E-state index contributed by atoms with van der Waals surface area (Å²) in [5, 5.41) is 14.7. The van der Waals surface area contributed by atoms with Gasteiger partial charge in [0.15, 0.2) is 0 Å². The number of hydrogen-bond acceptors (Lipinski definition) is 3. The zero-order valence-corrected chi connectivity index (χ0v) is 15.6. The van der Waals surface area contributed by atoms with Crippen molar-refractivity contribution in [3.8, 4) is 0 Å². The Kier molecular flexibility index (Phi) is 7.30. The predicted octanol–water partition coefficient (Wildman–Crippen LogP) is 4.05. The second-order valence-electron chi connectivity index (χ2n) is 3.78. The van der Waals surface area contributed by atoms with Gasteiger partial charge in [-0.1, -0.05) is 63.7 Å². The van der Waals surface area contributed by atoms with Crippen molar-refractivity contribution in [1.29, 1.82) is 0 Å². The van der Waals surface area contributed by atoms with Crippen LogP contribution in [0.1, 0.15) is 12.8 Å². The fourth-order valence-corrected chi connectivity index (χ4v) is 2.86. The lowest BCUT2D eigenvalue weighted by Gasteiger charge is -2.27. The van der Waals surface area contributed by atoms with Crippen LogP contribution in [-0.2, 0) is 6.54 Å². The summed E-state index contributed by atoms with van der Waals surface area (Å²) in [6, 6.07) is 0. The molecule has 0 saturated heterocycles. The molecule has 0 bridgehead atoms. The molecule has 4 nitrogen and oxygen atoms in total. The van der Waals surface area contributed by atoms with E-state index in [-0.39, 0.29) is 0 Å². The minimum Gasteiger partial charge on any atom is -0.387 e. The summed E-state index contributed by atoms with van der Waals surface area (Å²) in [4.78, 5) is 7.36. The van der Waals surface area contributed by atoms with Gasteiger partial charge in [0, 0.05) is 21.8 Å². The lowest BCUT2D eigenvalue weighted by Crippen LogP contribution is -2.34. The second kappa shape index (κ2) is 7.94. The Bertz CT molecular complexity index is 410. The van der Waals surface area contributed by atoms with Crippen molar-refractivity contribution >= 4 is 63.7 Å². The Morgan fingerprint density at radius 2 is 1.78 bits per heavy atom. The smallest absolute Gasteiger partial charge is 0.137 e. The van der Waals surface area contributed by atoms with E-state index in [1.54, 1.807) is 21.0 Å². The third-order valence-electron chi connectivity index (χ3n) is 2.16. The summed E-state index contributed by atoms with van der Waals surface area (Å²) in [6.07, 6.45) is 3.97. The number of nitrogens with zero attached hydrogens (tertiary/aromatic N) is 3. The molecule has 18 heavy (non-hydrogen) atoms. The highest BCUT2D eigenvalue weighted by atomic mass is 79.9. The molecule has 0 aliphatic rings. The summed E-state index contributed by atoms with van der Waals surface area (Å²) in [5.41, 5.74) is -0.958. The summed E-state index contributed by atoms with van der Waals surface area (Å²) >= 11 is 13.3. The molecule has 1 rings (SSSR count). The van der Waals surface area contributed by atoms with Crippen molar-refractivity contribution in [2.75, 3.05) is 0 Å². The van der Waals surface area contributed by atoms with Crippen molar-refractivity contribution in [1.82, 2.24) is 14.8 Å². The molecule has 0 atom stereocenters. The molecule has 100 valence electrons. The molecule has 8 heteroatoms. The molecule has 0 saturated carbocycles. The Balaban J connectivity index is 2.85. The van der Waals surface area contributed by atoms with Crippen LogP contribution in [0.4, 0.5) is 0 Å². The highest BCUT2D eigenvalue weighted by molar-refractivity contribution is 9.14. The third kappa shape index (κ3) is 5.64. The van der Waals surface area contributed by atoms with Gasteiger partial charge < -0.3 is 5.11 Å². The minimum absolute atomic E-state index is 0.360. The van der Waals surface area contributed by atoms with E-state index in [1.165, 1.54) is 6.33 Å². The molecular formula is C10H11Br4N3O. The molecule has 1 aromatic heterocycles.